The normalized spacial score (nSPS) is 12.4. The van der Waals surface area contributed by atoms with Crippen LogP contribution in [0.4, 0.5) is 0 Å². The van der Waals surface area contributed by atoms with E-state index in [9.17, 15) is 4.79 Å². The average molecular weight is 329 g/mol. The smallest absolute Gasteiger partial charge is 0.240 e. The minimum atomic E-state index is -0.547. The van der Waals surface area contributed by atoms with Crippen molar-refractivity contribution in [2.75, 3.05) is 27.2 Å². The summed E-state index contributed by atoms with van der Waals surface area (Å²) in [5, 5.41) is 0. The Morgan fingerprint density at radius 2 is 1.96 bits per heavy atom. The van der Waals surface area contributed by atoms with Gasteiger partial charge in [0, 0.05) is 18.8 Å². The van der Waals surface area contributed by atoms with Crippen molar-refractivity contribution in [2.24, 2.45) is 5.73 Å². The van der Waals surface area contributed by atoms with Gasteiger partial charge in [0.2, 0.25) is 5.91 Å². The third-order valence-corrected chi connectivity index (χ3v) is 4.02. The highest BCUT2D eigenvalue weighted by Gasteiger charge is 2.22. The summed E-state index contributed by atoms with van der Waals surface area (Å²) in [4.78, 5) is 24.1. The quantitative estimate of drug-likeness (QED) is 0.762. The maximum absolute atomic E-state index is 12.8. The number of hydrogen-bond acceptors (Lipinski definition) is 4. The molecule has 1 heterocycles. The number of carbonyl (C=O) groups excluding carboxylic acids is 1. The summed E-state index contributed by atoms with van der Waals surface area (Å²) in [5.74, 6) is -0.0388. The number of H-pyrrole nitrogens is 1. The van der Waals surface area contributed by atoms with Crippen LogP contribution in [-0.4, -0.2) is 58.9 Å². The highest BCUT2D eigenvalue weighted by molar-refractivity contribution is 5.82. The molecule has 3 N–H and O–H groups in total. The van der Waals surface area contributed by atoms with Crippen molar-refractivity contribution < 1.29 is 4.79 Å². The van der Waals surface area contributed by atoms with Gasteiger partial charge in [-0.1, -0.05) is 30.3 Å². The number of nitrogens with zero attached hydrogens (tertiary/aromatic N) is 3. The first-order chi connectivity index (χ1) is 11.5. The molecule has 0 unspecified atom stereocenters. The van der Waals surface area contributed by atoms with Crippen molar-refractivity contribution in [2.45, 2.75) is 25.9 Å². The highest BCUT2D eigenvalue weighted by atomic mass is 16.2. The molecule has 0 aliphatic carbocycles. The number of nitrogens with two attached hydrogens (primary N) is 1. The number of aryl methyl sites for hydroxylation is 1. The second-order valence-electron chi connectivity index (χ2n) is 6.33. The predicted molar refractivity (Wildman–Crippen MR) is 95.4 cm³/mol. The molecule has 0 saturated heterocycles. The highest BCUT2D eigenvalue weighted by Crippen LogP contribution is 2.09. The molecule has 6 nitrogen and oxygen atoms in total. The molecular formula is C18H27N5O. The molecule has 0 bridgehead atoms. The van der Waals surface area contributed by atoms with E-state index < -0.39 is 6.04 Å². The summed E-state index contributed by atoms with van der Waals surface area (Å²) in [7, 11) is 3.98. The summed E-state index contributed by atoms with van der Waals surface area (Å²) in [6.45, 7) is 3.85. The first-order valence-corrected chi connectivity index (χ1v) is 8.19. The average Bonchev–Trinajstić information content (AvgIpc) is 2.96. The molecule has 0 radical (unpaired) electrons. The number of benzene rings is 1. The maximum Gasteiger partial charge on any atom is 0.240 e. The fourth-order valence-electron chi connectivity index (χ4n) is 2.51. The molecule has 2 aromatic rings. The number of rotatable bonds is 8. The lowest BCUT2D eigenvalue weighted by Crippen LogP contribution is -2.46. The SMILES string of the molecule is Cc1[nH]cnc1CN(CCN(C)C)C(=O)[C@H](N)Cc1ccccc1. The standard InChI is InChI=1S/C18H27N5O/c1-14-17(21-13-20-14)12-23(10-9-22(2)3)18(24)16(19)11-15-7-5-4-6-8-15/h4-8,13,16H,9-12,19H2,1-3H3,(H,20,21)/t16-/m1/s1. The molecule has 0 saturated carbocycles. The minimum Gasteiger partial charge on any atom is -0.348 e. The number of hydrogen-bond donors (Lipinski definition) is 2. The van der Waals surface area contributed by atoms with E-state index in [2.05, 4.69) is 14.9 Å². The second kappa shape index (κ2) is 8.61. The summed E-state index contributed by atoms with van der Waals surface area (Å²) in [5.41, 5.74) is 9.13. The zero-order valence-corrected chi connectivity index (χ0v) is 14.7. The Morgan fingerprint density at radius 3 is 2.54 bits per heavy atom. The van der Waals surface area contributed by atoms with E-state index in [-0.39, 0.29) is 5.91 Å². The number of aromatic nitrogens is 2. The van der Waals surface area contributed by atoms with E-state index in [4.69, 9.17) is 5.73 Å². The van der Waals surface area contributed by atoms with E-state index in [1.807, 2.05) is 51.4 Å². The van der Waals surface area contributed by atoms with Crippen LogP contribution in [-0.2, 0) is 17.8 Å². The van der Waals surface area contributed by atoms with Gasteiger partial charge in [0.1, 0.15) is 0 Å². The third kappa shape index (κ3) is 5.18. The van der Waals surface area contributed by atoms with E-state index in [1.165, 1.54) is 0 Å². The number of carbonyl (C=O) groups is 1. The van der Waals surface area contributed by atoms with Gasteiger partial charge in [0.05, 0.1) is 24.6 Å². The van der Waals surface area contributed by atoms with Crippen LogP contribution in [0.3, 0.4) is 0 Å². The molecule has 0 aliphatic heterocycles. The van der Waals surface area contributed by atoms with E-state index in [1.54, 1.807) is 11.2 Å². The van der Waals surface area contributed by atoms with Gasteiger partial charge < -0.3 is 20.5 Å². The van der Waals surface area contributed by atoms with Crippen molar-refractivity contribution in [1.29, 1.82) is 0 Å². The van der Waals surface area contributed by atoms with Crippen LogP contribution in [0.15, 0.2) is 36.7 Å². The fourth-order valence-corrected chi connectivity index (χ4v) is 2.51. The Bertz CT molecular complexity index is 638. The number of amides is 1. The zero-order chi connectivity index (χ0) is 17.5. The van der Waals surface area contributed by atoms with Gasteiger partial charge in [0.15, 0.2) is 0 Å². The first-order valence-electron chi connectivity index (χ1n) is 8.19. The van der Waals surface area contributed by atoms with Gasteiger partial charge in [-0.3, -0.25) is 4.79 Å². The van der Waals surface area contributed by atoms with Crippen molar-refractivity contribution in [1.82, 2.24) is 19.8 Å². The Balaban J connectivity index is 2.06. The molecule has 130 valence electrons. The number of likely N-dealkylation sites (N-methyl/N-ethyl adjacent to an activating group) is 1. The third-order valence-electron chi connectivity index (χ3n) is 4.02. The summed E-state index contributed by atoms with van der Waals surface area (Å²) in [6.07, 6.45) is 2.20. The molecule has 0 fully saturated rings. The molecule has 0 spiro atoms. The lowest BCUT2D eigenvalue weighted by atomic mass is 10.1. The van der Waals surface area contributed by atoms with Crippen molar-refractivity contribution in [3.8, 4) is 0 Å². The van der Waals surface area contributed by atoms with Crippen LogP contribution < -0.4 is 5.73 Å². The first kappa shape index (κ1) is 18.2. The van der Waals surface area contributed by atoms with Crippen LogP contribution in [0.5, 0.6) is 0 Å². The Hall–Kier alpha value is -2.18. The van der Waals surface area contributed by atoms with E-state index >= 15 is 0 Å². The lowest BCUT2D eigenvalue weighted by Gasteiger charge is -2.27. The molecule has 1 aromatic heterocycles. The van der Waals surface area contributed by atoms with Gasteiger partial charge in [-0.25, -0.2) is 4.98 Å². The zero-order valence-electron chi connectivity index (χ0n) is 14.7. The second-order valence-corrected chi connectivity index (χ2v) is 6.33. The van der Waals surface area contributed by atoms with Crippen molar-refractivity contribution in [3.05, 3.63) is 53.6 Å². The van der Waals surface area contributed by atoms with Crippen molar-refractivity contribution in [3.63, 3.8) is 0 Å². The number of nitrogens with one attached hydrogen (secondary N) is 1. The Labute approximate surface area is 143 Å². The topological polar surface area (TPSA) is 78.2 Å². The molecule has 24 heavy (non-hydrogen) atoms. The van der Waals surface area contributed by atoms with Gasteiger partial charge in [-0.15, -0.1) is 0 Å². The Morgan fingerprint density at radius 1 is 1.25 bits per heavy atom. The summed E-state index contributed by atoms with van der Waals surface area (Å²) >= 11 is 0. The monoisotopic (exact) mass is 329 g/mol. The van der Waals surface area contributed by atoms with Gasteiger partial charge in [0.25, 0.3) is 0 Å². The molecule has 2 rings (SSSR count). The lowest BCUT2D eigenvalue weighted by molar-refractivity contribution is -0.133. The number of aromatic amines is 1. The molecule has 0 aliphatic rings. The largest absolute Gasteiger partial charge is 0.348 e. The summed E-state index contributed by atoms with van der Waals surface area (Å²) < 4.78 is 0. The minimum absolute atomic E-state index is 0.0388. The van der Waals surface area contributed by atoms with Crippen LogP contribution in [0.2, 0.25) is 0 Å². The molecule has 6 heteroatoms. The van der Waals surface area contributed by atoms with Crippen LogP contribution >= 0.6 is 0 Å². The van der Waals surface area contributed by atoms with Crippen LogP contribution in [0, 0.1) is 6.92 Å². The molecule has 1 atom stereocenters. The van der Waals surface area contributed by atoms with Gasteiger partial charge in [-0.05, 0) is 33.0 Å². The molecular weight excluding hydrogens is 302 g/mol. The fraction of sp³-hybridized carbons (Fsp3) is 0.444. The number of imidazole rings is 1. The van der Waals surface area contributed by atoms with Crippen LogP contribution in [0.1, 0.15) is 17.0 Å². The summed E-state index contributed by atoms with van der Waals surface area (Å²) in [6, 6.07) is 9.33. The maximum atomic E-state index is 12.8. The predicted octanol–water partition coefficient (Wildman–Crippen LogP) is 1.18. The van der Waals surface area contributed by atoms with Crippen LogP contribution in [0.25, 0.3) is 0 Å². The van der Waals surface area contributed by atoms with E-state index in [0.29, 0.717) is 19.5 Å². The van der Waals surface area contributed by atoms with Crippen molar-refractivity contribution >= 4 is 5.91 Å². The Kier molecular flexibility index (Phi) is 6.52. The van der Waals surface area contributed by atoms with E-state index in [0.717, 1.165) is 23.5 Å². The van der Waals surface area contributed by atoms with Gasteiger partial charge in [-0.2, -0.15) is 0 Å². The van der Waals surface area contributed by atoms with Gasteiger partial charge >= 0.3 is 0 Å². The molecule has 1 aromatic carbocycles. The molecule has 1 amide bonds.